The van der Waals surface area contributed by atoms with Gasteiger partial charge in [-0.3, -0.25) is 10.1 Å². The van der Waals surface area contributed by atoms with Crippen LogP contribution in [0.3, 0.4) is 0 Å². The van der Waals surface area contributed by atoms with E-state index in [-0.39, 0.29) is 24.1 Å². The Balaban J connectivity index is 2.40. The first kappa shape index (κ1) is 21.5. The van der Waals surface area contributed by atoms with Gasteiger partial charge in [0.25, 0.3) is 0 Å². The van der Waals surface area contributed by atoms with Gasteiger partial charge in [0.05, 0.1) is 12.7 Å². The van der Waals surface area contributed by atoms with E-state index in [4.69, 9.17) is 4.74 Å². The van der Waals surface area contributed by atoms with Crippen molar-refractivity contribution in [2.24, 2.45) is 0 Å². The third-order valence-electron chi connectivity index (χ3n) is 3.98. The van der Waals surface area contributed by atoms with Gasteiger partial charge in [-0.15, -0.1) is 0 Å². The summed E-state index contributed by atoms with van der Waals surface area (Å²) in [6.07, 6.45) is -5.74. The van der Waals surface area contributed by atoms with E-state index < -0.39 is 36.3 Å². The van der Waals surface area contributed by atoms with E-state index in [1.54, 1.807) is 20.8 Å². The lowest BCUT2D eigenvalue weighted by atomic mass is 9.93. The lowest BCUT2D eigenvalue weighted by Crippen LogP contribution is -2.44. The summed E-state index contributed by atoms with van der Waals surface area (Å²) in [6, 6.07) is 2.79. The van der Waals surface area contributed by atoms with Crippen LogP contribution in [0, 0.1) is 0 Å². The van der Waals surface area contributed by atoms with Crippen molar-refractivity contribution < 1.29 is 37.0 Å². The fourth-order valence-electron chi connectivity index (χ4n) is 2.86. The molecule has 0 aromatic heterocycles. The predicted octanol–water partition coefficient (Wildman–Crippen LogP) is 3.27. The van der Waals surface area contributed by atoms with E-state index in [2.05, 4.69) is 10.1 Å². The molecule has 1 heterocycles. The molecule has 1 aromatic rings. The highest BCUT2D eigenvalue weighted by atomic mass is 19.4. The fraction of sp³-hybridized carbons (Fsp3) is 0.500. The van der Waals surface area contributed by atoms with Gasteiger partial charge >= 0.3 is 24.1 Å². The summed E-state index contributed by atoms with van der Waals surface area (Å²) in [6.45, 7) is 4.41. The summed E-state index contributed by atoms with van der Waals surface area (Å²) in [5, 5.41) is 2.55. The molecule has 7 nitrogen and oxygen atoms in total. The number of hydrogen-bond acceptors (Lipinski definition) is 5. The zero-order valence-electron chi connectivity index (χ0n) is 15.9. The zero-order chi connectivity index (χ0) is 21.3. The first-order valence-electron chi connectivity index (χ1n) is 8.42. The second-order valence-electron chi connectivity index (χ2n) is 7.21. The number of methoxy groups -OCH3 is 1. The lowest BCUT2D eigenvalue weighted by Gasteiger charge is -2.32. The summed E-state index contributed by atoms with van der Waals surface area (Å²) >= 11 is 0. The first-order valence-corrected chi connectivity index (χ1v) is 8.42. The number of hydrogen-bond donors (Lipinski definition) is 1. The molecule has 10 heteroatoms. The molecule has 1 N–H and O–H groups in total. The van der Waals surface area contributed by atoms with Gasteiger partial charge in [-0.2, -0.15) is 13.2 Å². The number of amides is 2. The summed E-state index contributed by atoms with van der Waals surface area (Å²) in [5.41, 5.74) is 0.249. The number of anilines is 1. The SMILES string of the molecule is COC(=O)c1ccc(NC(=O)OC(C)(C)C)c2c1CN(C(=O)C(F)(F)F)CC2. The number of ether oxygens (including phenoxy) is 2. The van der Waals surface area contributed by atoms with Gasteiger partial charge in [-0.1, -0.05) is 0 Å². The van der Waals surface area contributed by atoms with E-state index in [1.165, 1.54) is 12.1 Å². The van der Waals surface area contributed by atoms with Crippen LogP contribution in [-0.4, -0.2) is 48.3 Å². The molecule has 0 spiro atoms. The lowest BCUT2D eigenvalue weighted by molar-refractivity contribution is -0.186. The minimum absolute atomic E-state index is 0.0210. The number of esters is 1. The number of halogens is 3. The second kappa shape index (κ2) is 7.69. The number of fused-ring (bicyclic) bond motifs is 1. The standard InChI is InChI=1S/C18H21F3N2O5/c1-17(2,3)28-16(26)22-13-6-5-11(14(24)27-4)12-9-23(8-7-10(12)13)15(25)18(19,20)21/h5-6H,7-9H2,1-4H3,(H,22,26). The van der Waals surface area contributed by atoms with Gasteiger partial charge in [0.15, 0.2) is 0 Å². The molecule has 0 aliphatic carbocycles. The van der Waals surface area contributed by atoms with Gasteiger partial charge in [0.1, 0.15) is 5.60 Å². The number of rotatable bonds is 2. The molecule has 154 valence electrons. The molecule has 0 saturated carbocycles. The molecule has 1 aliphatic rings. The van der Waals surface area contributed by atoms with E-state index in [0.29, 0.717) is 16.2 Å². The molecular formula is C18H21F3N2O5. The number of alkyl halides is 3. The molecule has 0 fully saturated rings. The van der Waals surface area contributed by atoms with Gasteiger partial charge in [-0.25, -0.2) is 9.59 Å². The van der Waals surface area contributed by atoms with Crippen LogP contribution in [-0.2, 0) is 27.2 Å². The molecule has 0 unspecified atom stereocenters. The average molecular weight is 402 g/mol. The maximum absolute atomic E-state index is 12.8. The fourth-order valence-corrected chi connectivity index (χ4v) is 2.86. The van der Waals surface area contributed by atoms with Gasteiger partial charge in [-0.05, 0) is 50.5 Å². The molecule has 0 bridgehead atoms. The van der Waals surface area contributed by atoms with E-state index in [9.17, 15) is 27.6 Å². The largest absolute Gasteiger partial charge is 0.471 e. The van der Waals surface area contributed by atoms with E-state index >= 15 is 0 Å². The maximum Gasteiger partial charge on any atom is 0.471 e. The Labute approximate surface area is 159 Å². The van der Waals surface area contributed by atoms with Crippen LogP contribution in [0.5, 0.6) is 0 Å². The normalized spacial score (nSPS) is 14.2. The molecule has 0 atom stereocenters. The second-order valence-corrected chi connectivity index (χ2v) is 7.21. The molecular weight excluding hydrogens is 381 g/mol. The summed E-state index contributed by atoms with van der Waals surface area (Å²) in [7, 11) is 1.14. The van der Waals surface area contributed by atoms with Crippen molar-refractivity contribution in [2.75, 3.05) is 19.0 Å². The van der Waals surface area contributed by atoms with E-state index in [1.807, 2.05) is 0 Å². The van der Waals surface area contributed by atoms with Crippen LogP contribution >= 0.6 is 0 Å². The van der Waals surface area contributed by atoms with Crippen molar-refractivity contribution in [1.29, 1.82) is 0 Å². The van der Waals surface area contributed by atoms with Crippen LogP contribution in [0.1, 0.15) is 42.3 Å². The summed E-state index contributed by atoms with van der Waals surface area (Å²) in [5.74, 6) is -2.74. The van der Waals surface area contributed by atoms with Crippen molar-refractivity contribution in [3.8, 4) is 0 Å². The first-order chi connectivity index (χ1) is 12.8. The third kappa shape index (κ3) is 4.93. The highest BCUT2D eigenvalue weighted by Crippen LogP contribution is 2.32. The maximum atomic E-state index is 12.8. The van der Waals surface area contributed by atoms with Crippen LogP contribution in [0.2, 0.25) is 0 Å². The molecule has 2 amide bonds. The predicted molar refractivity (Wildman–Crippen MR) is 92.8 cm³/mol. The minimum Gasteiger partial charge on any atom is -0.465 e. The van der Waals surface area contributed by atoms with Gasteiger partial charge in [0.2, 0.25) is 0 Å². The monoisotopic (exact) mass is 402 g/mol. The Morgan fingerprint density at radius 3 is 2.29 bits per heavy atom. The van der Waals surface area contributed by atoms with Crippen molar-refractivity contribution in [1.82, 2.24) is 4.90 Å². The highest BCUT2D eigenvalue weighted by molar-refractivity contribution is 5.94. The molecule has 0 saturated heterocycles. The van der Waals surface area contributed by atoms with E-state index in [0.717, 1.165) is 7.11 Å². The highest BCUT2D eigenvalue weighted by Gasteiger charge is 2.43. The number of benzene rings is 1. The number of carbonyl (C=O) groups is 3. The van der Waals surface area contributed by atoms with Crippen LogP contribution < -0.4 is 5.32 Å². The van der Waals surface area contributed by atoms with Crippen molar-refractivity contribution in [3.05, 3.63) is 28.8 Å². The Morgan fingerprint density at radius 2 is 1.75 bits per heavy atom. The van der Waals surface area contributed by atoms with Crippen molar-refractivity contribution in [2.45, 2.75) is 45.5 Å². The van der Waals surface area contributed by atoms with Crippen LogP contribution in [0.25, 0.3) is 0 Å². The smallest absolute Gasteiger partial charge is 0.465 e. The Morgan fingerprint density at radius 1 is 1.11 bits per heavy atom. The third-order valence-corrected chi connectivity index (χ3v) is 3.98. The minimum atomic E-state index is -5.02. The van der Waals surface area contributed by atoms with Crippen molar-refractivity contribution >= 4 is 23.7 Å². The molecule has 1 aliphatic heterocycles. The molecule has 28 heavy (non-hydrogen) atoms. The Bertz CT molecular complexity index is 800. The van der Waals surface area contributed by atoms with Crippen molar-refractivity contribution in [3.63, 3.8) is 0 Å². The molecule has 2 rings (SSSR count). The van der Waals surface area contributed by atoms with Gasteiger partial charge < -0.3 is 14.4 Å². The topological polar surface area (TPSA) is 84.9 Å². The van der Waals surface area contributed by atoms with Gasteiger partial charge in [0, 0.05) is 18.8 Å². The zero-order valence-corrected chi connectivity index (χ0v) is 15.9. The summed E-state index contributed by atoms with van der Waals surface area (Å²) in [4.78, 5) is 36.3. The number of nitrogens with zero attached hydrogens (tertiary/aromatic N) is 1. The number of nitrogens with one attached hydrogen (secondary N) is 1. The molecule has 1 aromatic carbocycles. The quantitative estimate of drug-likeness (QED) is 0.768. The molecule has 0 radical (unpaired) electrons. The summed E-state index contributed by atoms with van der Waals surface area (Å²) < 4.78 is 48.2. The number of carbonyl (C=O) groups excluding carboxylic acids is 3. The average Bonchev–Trinajstić information content (AvgIpc) is 2.57. The Kier molecular flexibility index (Phi) is 5.91. The van der Waals surface area contributed by atoms with Crippen LogP contribution in [0.15, 0.2) is 12.1 Å². The van der Waals surface area contributed by atoms with Crippen LogP contribution in [0.4, 0.5) is 23.7 Å². The Hall–Kier alpha value is -2.78.